The van der Waals surface area contributed by atoms with Crippen molar-refractivity contribution in [1.29, 1.82) is 0 Å². The first kappa shape index (κ1) is 26.5. The number of hydrogen-bond acceptors (Lipinski definition) is 6. The topological polar surface area (TPSA) is 114 Å². The summed E-state index contributed by atoms with van der Waals surface area (Å²) in [5, 5.41) is 0.379. The molecule has 2 aromatic carbocycles. The summed E-state index contributed by atoms with van der Waals surface area (Å²) in [6, 6.07) is 7.53. The van der Waals surface area contributed by atoms with Gasteiger partial charge in [0.1, 0.15) is 20.2 Å². The van der Waals surface area contributed by atoms with Crippen LogP contribution in [0.25, 0.3) is 10.8 Å². The van der Waals surface area contributed by atoms with Crippen LogP contribution in [0.5, 0.6) is 0 Å². The number of benzene rings is 2. The second kappa shape index (κ2) is 10.9. The van der Waals surface area contributed by atoms with Gasteiger partial charge in [0.25, 0.3) is 0 Å². The van der Waals surface area contributed by atoms with Gasteiger partial charge in [0, 0.05) is 5.39 Å². The van der Waals surface area contributed by atoms with Crippen LogP contribution >= 0.6 is 0 Å². The summed E-state index contributed by atoms with van der Waals surface area (Å²) in [6.07, 6.45) is 3.57. The van der Waals surface area contributed by atoms with Crippen molar-refractivity contribution in [3.05, 3.63) is 35.9 Å². The van der Waals surface area contributed by atoms with Crippen LogP contribution in [0.4, 0.5) is 0 Å². The van der Waals surface area contributed by atoms with Crippen LogP contribution in [-0.2, 0) is 26.7 Å². The first-order valence-electron chi connectivity index (χ1n) is 7.62. The van der Waals surface area contributed by atoms with E-state index in [2.05, 4.69) is 0 Å². The first-order chi connectivity index (χ1) is 11.2. The van der Waals surface area contributed by atoms with Gasteiger partial charge in [-0.2, -0.15) is 0 Å². The number of hydrogen-bond donors (Lipinski definition) is 0. The standard InChI is InChI=1S/C16H20O6S2.2Na/c1-2-3-4-5-9-13-11-12-8-6-7-10-14(12)16(24(20,21)22)15(13)23(17,18)19;;/h6-8,10-11H,2-5,9H2,1H3,(H,17,18,19)(H,20,21,22);;/q;2*+1/p-2. The molecule has 26 heavy (non-hydrogen) atoms. The summed E-state index contributed by atoms with van der Waals surface area (Å²) in [6.45, 7) is 2.02. The van der Waals surface area contributed by atoms with Crippen LogP contribution < -0.4 is 59.1 Å². The van der Waals surface area contributed by atoms with E-state index in [-0.39, 0.29) is 76.5 Å². The van der Waals surface area contributed by atoms with Crippen molar-refractivity contribution in [3.8, 4) is 0 Å². The van der Waals surface area contributed by atoms with Crippen molar-refractivity contribution < 1.29 is 85.1 Å². The quantitative estimate of drug-likeness (QED) is 0.267. The van der Waals surface area contributed by atoms with Gasteiger partial charge < -0.3 is 9.11 Å². The third-order valence-corrected chi connectivity index (χ3v) is 5.85. The molecule has 0 heterocycles. The normalized spacial score (nSPS) is 11.7. The molecule has 0 radical (unpaired) electrons. The average molecular weight is 416 g/mol. The third-order valence-electron chi connectivity index (χ3n) is 3.83. The summed E-state index contributed by atoms with van der Waals surface area (Å²) >= 11 is 0. The Morgan fingerprint density at radius 1 is 0.846 bits per heavy atom. The molecule has 6 nitrogen and oxygen atoms in total. The maximum atomic E-state index is 11.7. The number of rotatable bonds is 7. The van der Waals surface area contributed by atoms with Gasteiger partial charge in [-0.1, -0.05) is 50.5 Å². The van der Waals surface area contributed by atoms with E-state index in [1.807, 2.05) is 6.92 Å². The van der Waals surface area contributed by atoms with E-state index in [9.17, 15) is 25.9 Å². The molecule has 0 amide bonds. The molecule has 0 fully saturated rings. The minimum atomic E-state index is -5.13. The van der Waals surface area contributed by atoms with Gasteiger partial charge in [0.2, 0.25) is 0 Å². The zero-order chi connectivity index (χ0) is 18.0. The van der Waals surface area contributed by atoms with E-state index in [1.54, 1.807) is 12.1 Å². The van der Waals surface area contributed by atoms with E-state index in [0.29, 0.717) is 11.8 Å². The Kier molecular flexibility index (Phi) is 11.1. The molecule has 2 aromatic rings. The van der Waals surface area contributed by atoms with Gasteiger partial charge in [-0.25, -0.2) is 16.8 Å². The van der Waals surface area contributed by atoms with Crippen molar-refractivity contribution >= 4 is 31.0 Å². The monoisotopic (exact) mass is 416 g/mol. The summed E-state index contributed by atoms with van der Waals surface area (Å²) in [7, 11) is -10.2. The Bertz CT molecular complexity index is 956. The van der Waals surface area contributed by atoms with Gasteiger partial charge in [0.15, 0.2) is 0 Å². The third kappa shape index (κ3) is 6.55. The fraction of sp³-hybridized carbons (Fsp3) is 0.375. The van der Waals surface area contributed by atoms with Crippen LogP contribution in [0.2, 0.25) is 0 Å². The fourth-order valence-electron chi connectivity index (χ4n) is 2.80. The van der Waals surface area contributed by atoms with E-state index in [0.717, 1.165) is 19.3 Å². The van der Waals surface area contributed by atoms with Gasteiger partial charge in [-0.05, 0) is 29.9 Å². The Morgan fingerprint density at radius 3 is 1.96 bits per heavy atom. The molecule has 0 bridgehead atoms. The molecule has 0 aliphatic carbocycles. The second-order valence-electron chi connectivity index (χ2n) is 5.63. The van der Waals surface area contributed by atoms with Gasteiger partial charge in [-0.15, -0.1) is 0 Å². The minimum absolute atomic E-state index is 0. The van der Waals surface area contributed by atoms with Crippen LogP contribution in [-0.4, -0.2) is 25.9 Å². The molecule has 132 valence electrons. The average Bonchev–Trinajstić information content (AvgIpc) is 2.48. The van der Waals surface area contributed by atoms with Crippen molar-refractivity contribution in [2.24, 2.45) is 0 Å². The molecule has 0 aliphatic heterocycles. The van der Waals surface area contributed by atoms with Gasteiger partial charge in [0.05, 0.1) is 9.79 Å². The zero-order valence-corrected chi connectivity index (χ0v) is 20.8. The van der Waals surface area contributed by atoms with Crippen LogP contribution in [0, 0.1) is 0 Å². The summed E-state index contributed by atoms with van der Waals surface area (Å²) in [5.41, 5.74) is 0.0919. The van der Waals surface area contributed by atoms with Crippen LogP contribution in [0.3, 0.4) is 0 Å². The molecule has 0 saturated carbocycles. The van der Waals surface area contributed by atoms with Gasteiger partial charge in [-0.3, -0.25) is 0 Å². The largest absolute Gasteiger partial charge is 1.00 e. The first-order valence-corrected chi connectivity index (χ1v) is 10.4. The van der Waals surface area contributed by atoms with Crippen molar-refractivity contribution in [1.82, 2.24) is 0 Å². The Morgan fingerprint density at radius 2 is 1.42 bits per heavy atom. The Labute approximate surface area is 198 Å². The molecule has 0 saturated heterocycles. The van der Waals surface area contributed by atoms with E-state index in [4.69, 9.17) is 0 Å². The van der Waals surface area contributed by atoms with Gasteiger partial charge >= 0.3 is 59.1 Å². The van der Waals surface area contributed by atoms with Crippen LogP contribution in [0.15, 0.2) is 40.1 Å². The van der Waals surface area contributed by atoms with Crippen LogP contribution in [0.1, 0.15) is 38.2 Å². The minimum Gasteiger partial charge on any atom is -0.744 e. The van der Waals surface area contributed by atoms with E-state index in [1.165, 1.54) is 18.2 Å². The molecule has 0 aromatic heterocycles. The summed E-state index contributed by atoms with van der Waals surface area (Å²) in [4.78, 5) is -1.83. The number of aryl methyl sites for hydroxylation is 1. The zero-order valence-electron chi connectivity index (χ0n) is 15.2. The Balaban J connectivity index is 0.00000312. The SMILES string of the molecule is CCCCCCc1cc2ccccc2c(S(=O)(=O)[O-])c1S(=O)(=O)[O-].[Na+].[Na+]. The fourth-order valence-corrected chi connectivity index (χ4v) is 5.05. The predicted octanol–water partition coefficient (Wildman–Crippen LogP) is -3.22. The predicted molar refractivity (Wildman–Crippen MR) is 87.7 cm³/mol. The summed E-state index contributed by atoms with van der Waals surface area (Å²) < 4.78 is 70.1. The molecular formula is C16H18Na2O6S2. The molecule has 0 aliphatic rings. The maximum Gasteiger partial charge on any atom is 1.00 e. The number of fused-ring (bicyclic) bond motifs is 1. The maximum absolute atomic E-state index is 11.7. The summed E-state index contributed by atoms with van der Waals surface area (Å²) in [5.74, 6) is 0. The second-order valence-corrected chi connectivity index (χ2v) is 8.27. The molecule has 0 unspecified atom stereocenters. The van der Waals surface area contributed by atoms with Crippen molar-refractivity contribution in [3.63, 3.8) is 0 Å². The van der Waals surface area contributed by atoms with Crippen molar-refractivity contribution in [2.75, 3.05) is 0 Å². The smallest absolute Gasteiger partial charge is 0.744 e. The number of unbranched alkanes of at least 4 members (excludes halogenated alkanes) is 3. The van der Waals surface area contributed by atoms with E-state index < -0.39 is 30.0 Å². The van der Waals surface area contributed by atoms with Crippen molar-refractivity contribution in [2.45, 2.75) is 48.8 Å². The Hall–Kier alpha value is 0.520. The molecule has 2 rings (SSSR count). The molecule has 0 atom stereocenters. The molecule has 0 N–H and O–H groups in total. The molecule has 10 heteroatoms. The molecular weight excluding hydrogens is 398 g/mol. The van der Waals surface area contributed by atoms with E-state index >= 15 is 0 Å². The molecule has 0 spiro atoms.